The van der Waals surface area contributed by atoms with Crippen molar-refractivity contribution >= 4 is 27.5 Å². The van der Waals surface area contributed by atoms with Gasteiger partial charge < -0.3 is 0 Å². The van der Waals surface area contributed by atoms with Crippen molar-refractivity contribution in [3.8, 4) is 0 Å². The molecule has 1 atom stereocenters. The smallest absolute Gasteiger partial charge is 0.0349 e. The molecule has 1 unspecified atom stereocenters. The summed E-state index contributed by atoms with van der Waals surface area (Å²) in [6.07, 6.45) is 0. The highest BCUT2D eigenvalue weighted by Crippen LogP contribution is 1.96. The molecular weight excluding hydrogens is 151 g/mol. The van der Waals surface area contributed by atoms with Crippen LogP contribution in [-0.4, -0.2) is 10.7 Å². The largest absolute Gasteiger partial charge is 0.126 e. The highest BCUT2D eigenvalue weighted by molar-refractivity contribution is 9.09. The molecule has 0 nitrogen and oxygen atoms in total. The first-order chi connectivity index (χ1) is 2.27. The lowest BCUT2D eigenvalue weighted by Gasteiger charge is -1.85. The van der Waals surface area contributed by atoms with Crippen LogP contribution in [0.4, 0.5) is 0 Å². The summed E-state index contributed by atoms with van der Waals surface area (Å²) in [6, 6.07) is 0. The van der Waals surface area contributed by atoms with Crippen LogP contribution < -0.4 is 0 Å². The van der Waals surface area contributed by atoms with Crippen LogP contribution in [0.2, 0.25) is 0 Å². The van der Waals surface area contributed by atoms with Gasteiger partial charge in [-0.25, -0.2) is 0 Å². The molecule has 0 saturated carbocycles. The van der Waals surface area contributed by atoms with E-state index in [1.54, 1.807) is 0 Å². The third kappa shape index (κ3) is 4.77. The van der Waals surface area contributed by atoms with E-state index in [0.717, 1.165) is 0 Å². The Morgan fingerprint density at radius 2 is 2.20 bits per heavy atom. The van der Waals surface area contributed by atoms with Gasteiger partial charge in [0.2, 0.25) is 0 Å². The van der Waals surface area contributed by atoms with Crippen molar-refractivity contribution in [1.29, 1.82) is 0 Å². The van der Waals surface area contributed by atoms with Gasteiger partial charge in [-0.3, -0.25) is 0 Å². The molecule has 0 aromatic rings. The second-order valence-electron chi connectivity index (χ2n) is 0.752. The van der Waals surface area contributed by atoms with Gasteiger partial charge in [-0.2, -0.15) is 0 Å². The monoisotopic (exact) mass is 155 g/mol. The molecule has 1 radical (unpaired) electrons. The van der Waals surface area contributed by atoms with E-state index in [-0.39, 0.29) is 4.83 Å². The van der Waals surface area contributed by atoms with E-state index in [1.807, 2.05) is 0 Å². The molecule has 0 aliphatic carbocycles. The van der Waals surface area contributed by atoms with Gasteiger partial charge in [-0.05, 0) is 6.92 Å². The molecule has 0 bridgehead atoms. The Bertz CT molecular complexity index is 20.9. The van der Waals surface area contributed by atoms with Crippen LogP contribution in [0.1, 0.15) is 0 Å². The van der Waals surface area contributed by atoms with Gasteiger partial charge in [-0.15, -0.1) is 11.6 Å². The number of hydrogen-bond donors (Lipinski definition) is 0. The summed E-state index contributed by atoms with van der Waals surface area (Å²) in [4.78, 5) is 0.212. The third-order valence-electron chi connectivity index (χ3n) is 0.167. The van der Waals surface area contributed by atoms with Gasteiger partial charge in [0.15, 0.2) is 0 Å². The standard InChI is InChI=1S/C3H5BrCl/c1-3(4)2-5/h3H,1-2H2. The molecule has 0 saturated heterocycles. The Labute approximate surface area is 45.6 Å². The Morgan fingerprint density at radius 3 is 2.20 bits per heavy atom. The predicted molar refractivity (Wildman–Crippen MR) is 28.8 cm³/mol. The fraction of sp³-hybridized carbons (Fsp3) is 0.667. The van der Waals surface area contributed by atoms with Crippen LogP contribution >= 0.6 is 27.5 Å². The molecule has 0 N–H and O–H groups in total. The van der Waals surface area contributed by atoms with Gasteiger partial charge in [0.1, 0.15) is 0 Å². The average Bonchev–Trinajstić information content (AvgIpc) is 1.38. The topological polar surface area (TPSA) is 0 Å². The normalized spacial score (nSPS) is 15.0. The van der Waals surface area contributed by atoms with E-state index in [2.05, 4.69) is 22.9 Å². The van der Waals surface area contributed by atoms with Gasteiger partial charge in [0.05, 0.1) is 0 Å². The van der Waals surface area contributed by atoms with Crippen molar-refractivity contribution in [2.24, 2.45) is 0 Å². The summed E-state index contributed by atoms with van der Waals surface area (Å²) in [5.74, 6) is 0.583. The zero-order chi connectivity index (χ0) is 4.28. The number of hydrogen-bond acceptors (Lipinski definition) is 0. The summed E-state index contributed by atoms with van der Waals surface area (Å²) in [7, 11) is 0. The molecule has 0 fully saturated rings. The Kier molecular flexibility index (Phi) is 3.44. The highest BCUT2D eigenvalue weighted by Gasteiger charge is 1.85. The molecule has 0 aliphatic heterocycles. The first-order valence-corrected chi connectivity index (χ1v) is 2.75. The first kappa shape index (κ1) is 5.77. The molecule has 5 heavy (non-hydrogen) atoms. The van der Waals surface area contributed by atoms with Crippen molar-refractivity contribution in [3.05, 3.63) is 6.92 Å². The zero-order valence-electron chi connectivity index (χ0n) is 2.75. The van der Waals surface area contributed by atoms with E-state index < -0.39 is 0 Å². The molecule has 0 heterocycles. The lowest BCUT2D eigenvalue weighted by Crippen LogP contribution is -1.87. The first-order valence-electron chi connectivity index (χ1n) is 1.30. The molecule has 0 aromatic carbocycles. The Hall–Kier alpha value is 0.770. The van der Waals surface area contributed by atoms with E-state index in [4.69, 9.17) is 11.6 Å². The number of halogens is 2. The third-order valence-corrected chi connectivity index (χ3v) is 1.24. The minimum atomic E-state index is 0.212. The van der Waals surface area contributed by atoms with Crippen LogP contribution in [0, 0.1) is 6.92 Å². The second-order valence-corrected chi connectivity index (χ2v) is 2.36. The van der Waals surface area contributed by atoms with Gasteiger partial charge in [0.25, 0.3) is 0 Å². The Morgan fingerprint density at radius 1 is 2.00 bits per heavy atom. The van der Waals surface area contributed by atoms with E-state index in [0.29, 0.717) is 5.88 Å². The molecular formula is C3H5BrCl. The van der Waals surface area contributed by atoms with Gasteiger partial charge in [0, 0.05) is 10.7 Å². The quantitative estimate of drug-likeness (QED) is 0.508. The maximum Gasteiger partial charge on any atom is 0.0349 e. The maximum atomic E-state index is 5.23. The summed E-state index contributed by atoms with van der Waals surface area (Å²) in [5.41, 5.74) is 0. The van der Waals surface area contributed by atoms with Gasteiger partial charge in [-0.1, -0.05) is 15.9 Å². The fourth-order valence-corrected chi connectivity index (χ4v) is 0. The van der Waals surface area contributed by atoms with E-state index in [9.17, 15) is 0 Å². The molecule has 0 aliphatic rings. The summed E-state index contributed by atoms with van der Waals surface area (Å²) < 4.78 is 0. The predicted octanol–water partition coefficient (Wildman–Crippen LogP) is 1.82. The second kappa shape index (κ2) is 2.98. The zero-order valence-corrected chi connectivity index (χ0v) is 5.09. The average molecular weight is 156 g/mol. The molecule has 31 valence electrons. The van der Waals surface area contributed by atoms with Crippen LogP contribution in [0.5, 0.6) is 0 Å². The van der Waals surface area contributed by atoms with Crippen LogP contribution in [0.25, 0.3) is 0 Å². The lowest BCUT2D eigenvalue weighted by atomic mass is 10.6. The molecule has 0 aromatic heterocycles. The van der Waals surface area contributed by atoms with Crippen LogP contribution in [-0.2, 0) is 0 Å². The molecule has 0 amide bonds. The minimum Gasteiger partial charge on any atom is -0.126 e. The minimum absolute atomic E-state index is 0.212. The Balaban J connectivity index is 2.54. The molecule has 2 heteroatoms. The molecule has 0 rings (SSSR count). The van der Waals surface area contributed by atoms with Crippen molar-refractivity contribution < 1.29 is 0 Å². The van der Waals surface area contributed by atoms with Crippen molar-refractivity contribution in [2.75, 3.05) is 5.88 Å². The lowest BCUT2D eigenvalue weighted by molar-refractivity contribution is 1.29. The van der Waals surface area contributed by atoms with Crippen molar-refractivity contribution in [3.63, 3.8) is 0 Å². The SMILES string of the molecule is [CH2]C(Br)CCl. The van der Waals surface area contributed by atoms with E-state index >= 15 is 0 Å². The summed E-state index contributed by atoms with van der Waals surface area (Å²) >= 11 is 8.36. The fourth-order valence-electron chi connectivity index (χ4n) is 0. The summed E-state index contributed by atoms with van der Waals surface area (Å²) in [5, 5.41) is 0. The van der Waals surface area contributed by atoms with Gasteiger partial charge >= 0.3 is 0 Å². The molecule has 0 spiro atoms. The maximum absolute atomic E-state index is 5.23. The number of alkyl halides is 2. The highest BCUT2D eigenvalue weighted by atomic mass is 79.9. The van der Waals surface area contributed by atoms with Crippen LogP contribution in [0.15, 0.2) is 0 Å². The van der Waals surface area contributed by atoms with Crippen LogP contribution in [0.3, 0.4) is 0 Å². The van der Waals surface area contributed by atoms with E-state index in [1.165, 1.54) is 0 Å². The van der Waals surface area contributed by atoms with Crippen molar-refractivity contribution in [1.82, 2.24) is 0 Å². The van der Waals surface area contributed by atoms with Crippen molar-refractivity contribution in [2.45, 2.75) is 4.83 Å². The summed E-state index contributed by atoms with van der Waals surface area (Å²) in [6.45, 7) is 3.54. The number of rotatable bonds is 1.